The molecule has 3 aromatic heterocycles. The number of aryl methyl sites for hydroxylation is 2. The van der Waals surface area contributed by atoms with Crippen molar-refractivity contribution >= 4 is 50.0 Å². The van der Waals surface area contributed by atoms with Crippen LogP contribution in [-0.2, 0) is 13.0 Å². The van der Waals surface area contributed by atoms with Crippen molar-refractivity contribution in [3.63, 3.8) is 0 Å². The summed E-state index contributed by atoms with van der Waals surface area (Å²) in [7, 11) is 0. The van der Waals surface area contributed by atoms with E-state index in [2.05, 4.69) is 42.6 Å². The van der Waals surface area contributed by atoms with Crippen LogP contribution in [0.1, 0.15) is 16.4 Å². The van der Waals surface area contributed by atoms with Gasteiger partial charge < -0.3 is 4.57 Å². The molecule has 0 aromatic carbocycles. The van der Waals surface area contributed by atoms with E-state index < -0.39 is 0 Å². The molecule has 0 atom stereocenters. The second-order valence-electron chi connectivity index (χ2n) is 4.55. The number of thiophene rings is 1. The first kappa shape index (κ1) is 14.0. The molecule has 0 aliphatic carbocycles. The number of pyridine rings is 1. The maximum atomic E-state index is 5.90. The molecular weight excluding hydrogens is 358 g/mol. The van der Waals surface area contributed by atoms with Crippen LogP contribution in [0.15, 0.2) is 28.1 Å². The maximum Gasteiger partial charge on any atom is 0.160 e. The molecule has 0 aliphatic heterocycles. The van der Waals surface area contributed by atoms with Gasteiger partial charge in [0.25, 0.3) is 0 Å². The van der Waals surface area contributed by atoms with Crippen molar-refractivity contribution < 1.29 is 0 Å². The fraction of sp³-hybridized carbons (Fsp3) is 0.286. The van der Waals surface area contributed by atoms with Crippen molar-refractivity contribution in [1.29, 1.82) is 0 Å². The predicted octanol–water partition coefficient (Wildman–Crippen LogP) is 4.39. The minimum Gasteiger partial charge on any atom is -0.307 e. The van der Waals surface area contributed by atoms with Gasteiger partial charge in [0, 0.05) is 22.9 Å². The Labute approximate surface area is 134 Å². The standard InChI is InChI=1S/C14H13BrClN3S/c1-9-2-4-11-14(17-9)19(13(18-11)6-7-16)8-10-3-5-12(15)20-10/h2-5H,6-8H2,1H3. The van der Waals surface area contributed by atoms with E-state index in [4.69, 9.17) is 11.6 Å². The van der Waals surface area contributed by atoms with E-state index in [1.54, 1.807) is 11.3 Å². The molecule has 0 N–H and O–H groups in total. The minimum atomic E-state index is 0.566. The molecule has 0 saturated heterocycles. The van der Waals surface area contributed by atoms with Gasteiger partial charge in [0.2, 0.25) is 0 Å². The van der Waals surface area contributed by atoms with Gasteiger partial charge in [-0.2, -0.15) is 0 Å². The summed E-state index contributed by atoms with van der Waals surface area (Å²) in [5.41, 5.74) is 2.88. The first-order valence-corrected chi connectivity index (χ1v) is 8.44. The monoisotopic (exact) mass is 369 g/mol. The summed E-state index contributed by atoms with van der Waals surface area (Å²) in [4.78, 5) is 10.6. The summed E-state index contributed by atoms with van der Waals surface area (Å²) in [5.74, 6) is 1.56. The van der Waals surface area contributed by atoms with Gasteiger partial charge in [-0.1, -0.05) is 0 Å². The van der Waals surface area contributed by atoms with Crippen LogP contribution in [0.4, 0.5) is 0 Å². The molecule has 6 heteroatoms. The van der Waals surface area contributed by atoms with Gasteiger partial charge in [-0.3, -0.25) is 0 Å². The minimum absolute atomic E-state index is 0.566. The molecule has 0 amide bonds. The second-order valence-corrected chi connectivity index (χ2v) is 7.48. The van der Waals surface area contributed by atoms with Gasteiger partial charge in [0.15, 0.2) is 5.65 Å². The van der Waals surface area contributed by atoms with E-state index in [1.807, 2.05) is 19.1 Å². The van der Waals surface area contributed by atoms with Gasteiger partial charge in [0.1, 0.15) is 11.3 Å². The number of nitrogens with zero attached hydrogens (tertiary/aromatic N) is 3. The number of hydrogen-bond acceptors (Lipinski definition) is 3. The molecule has 0 aliphatic rings. The van der Waals surface area contributed by atoms with E-state index in [0.29, 0.717) is 5.88 Å². The molecular formula is C14H13BrClN3S. The molecule has 0 fully saturated rings. The SMILES string of the molecule is Cc1ccc2nc(CCCl)n(Cc3ccc(Br)s3)c2n1. The highest BCUT2D eigenvalue weighted by Gasteiger charge is 2.13. The molecule has 0 bridgehead atoms. The number of alkyl halides is 1. The van der Waals surface area contributed by atoms with Crippen LogP contribution in [0.3, 0.4) is 0 Å². The Balaban J connectivity index is 2.09. The Kier molecular flexibility index (Phi) is 4.10. The van der Waals surface area contributed by atoms with Gasteiger partial charge >= 0.3 is 0 Å². The van der Waals surface area contributed by atoms with Crippen LogP contribution in [0.2, 0.25) is 0 Å². The molecule has 0 saturated carbocycles. The van der Waals surface area contributed by atoms with Crippen LogP contribution in [-0.4, -0.2) is 20.4 Å². The molecule has 20 heavy (non-hydrogen) atoms. The van der Waals surface area contributed by atoms with Crippen molar-refractivity contribution in [2.45, 2.75) is 19.9 Å². The lowest BCUT2D eigenvalue weighted by Gasteiger charge is -2.06. The summed E-state index contributed by atoms with van der Waals surface area (Å²) < 4.78 is 3.31. The smallest absolute Gasteiger partial charge is 0.160 e. The molecule has 3 nitrogen and oxygen atoms in total. The third-order valence-electron chi connectivity index (χ3n) is 3.07. The predicted molar refractivity (Wildman–Crippen MR) is 87.8 cm³/mol. The lowest BCUT2D eigenvalue weighted by atomic mass is 10.3. The van der Waals surface area contributed by atoms with Crippen LogP contribution < -0.4 is 0 Å². The van der Waals surface area contributed by atoms with E-state index in [9.17, 15) is 0 Å². The van der Waals surface area contributed by atoms with Gasteiger partial charge in [-0.15, -0.1) is 22.9 Å². The number of imidazole rings is 1. The number of aromatic nitrogens is 3. The van der Waals surface area contributed by atoms with Crippen LogP contribution >= 0.6 is 38.9 Å². The Bertz CT molecular complexity index is 750. The zero-order valence-corrected chi connectivity index (χ0v) is 14.1. The zero-order valence-electron chi connectivity index (χ0n) is 10.9. The summed E-state index contributed by atoms with van der Waals surface area (Å²) in [5, 5.41) is 0. The first-order valence-electron chi connectivity index (χ1n) is 6.30. The van der Waals surface area contributed by atoms with E-state index in [0.717, 1.165) is 39.4 Å². The van der Waals surface area contributed by atoms with E-state index in [1.165, 1.54) is 4.88 Å². The van der Waals surface area contributed by atoms with Gasteiger partial charge in [-0.25, -0.2) is 9.97 Å². The second kappa shape index (κ2) is 5.84. The number of hydrogen-bond donors (Lipinski definition) is 0. The average molecular weight is 371 g/mol. The Hall–Kier alpha value is -0.910. The fourth-order valence-corrected chi connectivity index (χ4v) is 3.82. The lowest BCUT2D eigenvalue weighted by molar-refractivity contribution is 0.755. The van der Waals surface area contributed by atoms with Crippen molar-refractivity contribution in [2.75, 3.05) is 5.88 Å². The van der Waals surface area contributed by atoms with Crippen LogP contribution in [0.5, 0.6) is 0 Å². The first-order chi connectivity index (χ1) is 9.67. The van der Waals surface area contributed by atoms with Crippen molar-refractivity contribution in [3.05, 3.63) is 44.4 Å². The Morgan fingerprint density at radius 3 is 2.80 bits per heavy atom. The molecule has 3 rings (SSSR count). The third kappa shape index (κ3) is 2.75. The van der Waals surface area contributed by atoms with Gasteiger partial charge in [-0.05, 0) is 47.1 Å². The maximum absolute atomic E-state index is 5.90. The van der Waals surface area contributed by atoms with E-state index >= 15 is 0 Å². The normalized spacial score (nSPS) is 11.3. The average Bonchev–Trinajstić information content (AvgIpc) is 2.96. The number of rotatable bonds is 4. The summed E-state index contributed by atoms with van der Waals surface area (Å²) >= 11 is 11.1. The van der Waals surface area contributed by atoms with Crippen molar-refractivity contribution in [2.24, 2.45) is 0 Å². The van der Waals surface area contributed by atoms with Crippen molar-refractivity contribution in [3.8, 4) is 0 Å². The van der Waals surface area contributed by atoms with Crippen LogP contribution in [0.25, 0.3) is 11.2 Å². The highest BCUT2D eigenvalue weighted by atomic mass is 79.9. The van der Waals surface area contributed by atoms with Crippen LogP contribution in [0, 0.1) is 6.92 Å². The molecule has 3 heterocycles. The summed E-state index contributed by atoms with van der Waals surface area (Å²) in [6.07, 6.45) is 0.753. The zero-order chi connectivity index (χ0) is 14.1. The molecule has 0 spiro atoms. The fourth-order valence-electron chi connectivity index (χ4n) is 2.18. The molecule has 0 radical (unpaired) electrons. The number of halogens is 2. The topological polar surface area (TPSA) is 30.7 Å². The molecule has 0 unspecified atom stereocenters. The lowest BCUT2D eigenvalue weighted by Crippen LogP contribution is -2.06. The summed E-state index contributed by atoms with van der Waals surface area (Å²) in [6, 6.07) is 8.21. The highest BCUT2D eigenvalue weighted by Crippen LogP contribution is 2.25. The van der Waals surface area contributed by atoms with Gasteiger partial charge in [0.05, 0.1) is 10.3 Å². The summed E-state index contributed by atoms with van der Waals surface area (Å²) in [6.45, 7) is 2.79. The largest absolute Gasteiger partial charge is 0.307 e. The van der Waals surface area contributed by atoms with Crippen molar-refractivity contribution in [1.82, 2.24) is 14.5 Å². The quantitative estimate of drug-likeness (QED) is 0.638. The number of fused-ring (bicyclic) bond motifs is 1. The Morgan fingerprint density at radius 1 is 1.25 bits per heavy atom. The third-order valence-corrected chi connectivity index (χ3v) is 4.87. The highest BCUT2D eigenvalue weighted by molar-refractivity contribution is 9.11. The molecule has 104 valence electrons. The Morgan fingerprint density at radius 2 is 2.10 bits per heavy atom. The van der Waals surface area contributed by atoms with E-state index in [-0.39, 0.29) is 0 Å². The molecule has 3 aromatic rings.